The number of fused-ring (bicyclic) bond motifs is 5. The summed E-state index contributed by atoms with van der Waals surface area (Å²) < 4.78 is 13.1. The highest BCUT2D eigenvalue weighted by atomic mass is 28.4. The van der Waals surface area contributed by atoms with Gasteiger partial charge in [0.05, 0.1) is 24.9 Å². The molecule has 8 atom stereocenters. The summed E-state index contributed by atoms with van der Waals surface area (Å²) in [6.07, 6.45) is 8.86. The molecule has 0 aromatic rings. The Kier molecular flexibility index (Phi) is 5.63. The van der Waals surface area contributed by atoms with Crippen molar-refractivity contribution in [3.8, 4) is 0 Å². The van der Waals surface area contributed by atoms with Gasteiger partial charge in [0.2, 0.25) is 0 Å². The molecule has 4 heteroatoms. The van der Waals surface area contributed by atoms with Crippen LogP contribution in [0.15, 0.2) is 0 Å². The molecule has 0 bridgehead atoms. The summed E-state index contributed by atoms with van der Waals surface area (Å²) in [5, 5.41) is 10.8. The molecule has 3 saturated carbocycles. The maximum atomic E-state index is 10.6. The van der Waals surface area contributed by atoms with Crippen molar-refractivity contribution < 1.29 is 14.3 Å². The van der Waals surface area contributed by atoms with E-state index < -0.39 is 13.9 Å². The molecule has 4 aliphatic rings. The van der Waals surface area contributed by atoms with E-state index in [0.29, 0.717) is 5.92 Å². The molecule has 0 spiro atoms. The highest BCUT2D eigenvalue weighted by molar-refractivity contribution is 6.74. The average Bonchev–Trinajstić information content (AvgIpc) is 2.94. The minimum atomic E-state index is -1.74. The number of aliphatic hydroxyl groups is 1. The maximum Gasteiger partial charge on any atom is 0.192 e. The summed E-state index contributed by atoms with van der Waals surface area (Å²) in [5.74, 6) is 4.01. The maximum absolute atomic E-state index is 10.6. The van der Waals surface area contributed by atoms with Crippen LogP contribution in [0.2, 0.25) is 18.1 Å². The summed E-state index contributed by atoms with van der Waals surface area (Å²) in [4.78, 5) is 0. The third-order valence-corrected chi connectivity index (χ3v) is 14.8. The van der Waals surface area contributed by atoms with Crippen LogP contribution in [0.1, 0.15) is 79.6 Å². The van der Waals surface area contributed by atoms with Gasteiger partial charge in [-0.25, -0.2) is 0 Å². The van der Waals surface area contributed by atoms with Crippen molar-refractivity contribution in [2.24, 2.45) is 35.0 Å². The summed E-state index contributed by atoms with van der Waals surface area (Å²) in [6.45, 7) is 18.0. The van der Waals surface area contributed by atoms with Gasteiger partial charge in [-0.2, -0.15) is 0 Å². The Labute approximate surface area is 180 Å². The molecule has 1 aliphatic heterocycles. The Bertz CT molecular complexity index is 610. The van der Waals surface area contributed by atoms with Gasteiger partial charge >= 0.3 is 0 Å². The molecule has 29 heavy (non-hydrogen) atoms. The highest BCUT2D eigenvalue weighted by Gasteiger charge is 2.58. The van der Waals surface area contributed by atoms with Gasteiger partial charge in [0.15, 0.2) is 8.32 Å². The summed E-state index contributed by atoms with van der Waals surface area (Å²) in [6, 6.07) is 0. The molecule has 1 saturated heterocycles. The van der Waals surface area contributed by atoms with Crippen LogP contribution in [-0.4, -0.2) is 38.3 Å². The molecule has 0 unspecified atom stereocenters. The second-order valence-corrected chi connectivity index (χ2v) is 17.9. The predicted octanol–water partition coefficient (Wildman–Crippen LogP) is 6.02. The zero-order valence-electron chi connectivity index (χ0n) is 20.1. The van der Waals surface area contributed by atoms with E-state index in [-0.39, 0.29) is 16.6 Å². The standard InChI is InChI=1S/C25H46O3Si/c1-23(2,3)29(6,7)28-16-22-25(5)13-11-19-18-10-12-24(4,26)14-17(18)8-9-20(19)21(25)15-27-22/h17-22,26H,8-16H2,1-7H3/t17-,18+,19-,20-,21+,22+,24-,25+/m1/s1. The zero-order chi connectivity index (χ0) is 21.2. The van der Waals surface area contributed by atoms with E-state index in [2.05, 4.69) is 47.7 Å². The fraction of sp³-hybridized carbons (Fsp3) is 1.00. The van der Waals surface area contributed by atoms with Gasteiger partial charge in [-0.05, 0) is 99.6 Å². The van der Waals surface area contributed by atoms with Gasteiger partial charge < -0.3 is 14.3 Å². The molecular weight excluding hydrogens is 376 g/mol. The topological polar surface area (TPSA) is 38.7 Å². The van der Waals surface area contributed by atoms with Crippen LogP contribution >= 0.6 is 0 Å². The smallest absolute Gasteiger partial charge is 0.192 e. The first-order valence-corrected chi connectivity index (χ1v) is 15.2. The van der Waals surface area contributed by atoms with Crippen molar-refractivity contribution in [1.82, 2.24) is 0 Å². The van der Waals surface area contributed by atoms with Crippen LogP contribution in [0.3, 0.4) is 0 Å². The second-order valence-electron chi connectivity index (χ2n) is 13.1. The number of rotatable bonds is 3. The van der Waals surface area contributed by atoms with E-state index in [9.17, 15) is 5.11 Å². The lowest BCUT2D eigenvalue weighted by Gasteiger charge is -2.56. The minimum absolute atomic E-state index is 0.254. The lowest BCUT2D eigenvalue weighted by atomic mass is 9.49. The molecule has 168 valence electrons. The molecular formula is C25H46O3Si. The van der Waals surface area contributed by atoms with E-state index in [1.165, 1.54) is 32.1 Å². The van der Waals surface area contributed by atoms with Crippen molar-refractivity contribution in [3.05, 3.63) is 0 Å². The van der Waals surface area contributed by atoms with Crippen LogP contribution in [0.25, 0.3) is 0 Å². The van der Waals surface area contributed by atoms with Crippen molar-refractivity contribution in [2.75, 3.05) is 13.2 Å². The van der Waals surface area contributed by atoms with E-state index in [0.717, 1.165) is 49.7 Å². The van der Waals surface area contributed by atoms with Gasteiger partial charge in [-0.3, -0.25) is 0 Å². The van der Waals surface area contributed by atoms with E-state index in [4.69, 9.17) is 9.16 Å². The number of ether oxygens (including phenoxy) is 1. The van der Waals surface area contributed by atoms with Crippen LogP contribution in [0, 0.1) is 35.0 Å². The average molecular weight is 423 g/mol. The van der Waals surface area contributed by atoms with Gasteiger partial charge in [0.25, 0.3) is 0 Å². The Morgan fingerprint density at radius 1 is 1.00 bits per heavy atom. The quantitative estimate of drug-likeness (QED) is 0.565. The van der Waals surface area contributed by atoms with Crippen molar-refractivity contribution >= 4 is 8.32 Å². The minimum Gasteiger partial charge on any atom is -0.414 e. The van der Waals surface area contributed by atoms with Crippen molar-refractivity contribution in [2.45, 2.75) is 109 Å². The zero-order valence-corrected chi connectivity index (χ0v) is 21.1. The molecule has 0 amide bonds. The van der Waals surface area contributed by atoms with E-state index in [1.54, 1.807) is 0 Å². The first kappa shape index (κ1) is 22.3. The lowest BCUT2D eigenvalue weighted by molar-refractivity contribution is -0.0962. The first-order chi connectivity index (χ1) is 13.3. The normalized spacial score (nSPS) is 48.0. The molecule has 1 N–H and O–H groups in total. The lowest BCUT2D eigenvalue weighted by Crippen LogP contribution is -2.52. The van der Waals surface area contributed by atoms with E-state index in [1.807, 2.05) is 0 Å². The number of hydrogen-bond acceptors (Lipinski definition) is 3. The summed E-state index contributed by atoms with van der Waals surface area (Å²) in [7, 11) is -1.74. The molecule has 0 aromatic carbocycles. The Morgan fingerprint density at radius 2 is 1.69 bits per heavy atom. The largest absolute Gasteiger partial charge is 0.414 e. The fourth-order valence-corrected chi connectivity index (χ4v) is 8.29. The third-order valence-electron chi connectivity index (χ3n) is 10.3. The summed E-state index contributed by atoms with van der Waals surface area (Å²) >= 11 is 0. The molecule has 4 rings (SSSR count). The molecule has 4 fully saturated rings. The molecule has 3 nitrogen and oxygen atoms in total. The third kappa shape index (κ3) is 3.89. The second kappa shape index (κ2) is 7.32. The van der Waals surface area contributed by atoms with Gasteiger partial charge in [-0.1, -0.05) is 27.7 Å². The first-order valence-electron chi connectivity index (χ1n) is 12.3. The summed E-state index contributed by atoms with van der Waals surface area (Å²) in [5.41, 5.74) is -0.129. The van der Waals surface area contributed by atoms with Crippen LogP contribution in [0.5, 0.6) is 0 Å². The van der Waals surface area contributed by atoms with E-state index >= 15 is 0 Å². The number of hydrogen-bond donors (Lipinski definition) is 1. The Hall–Kier alpha value is 0.0969. The van der Waals surface area contributed by atoms with Crippen LogP contribution in [0.4, 0.5) is 0 Å². The van der Waals surface area contributed by atoms with Crippen LogP contribution in [-0.2, 0) is 9.16 Å². The molecule has 0 radical (unpaired) electrons. The van der Waals surface area contributed by atoms with Crippen molar-refractivity contribution in [1.29, 1.82) is 0 Å². The van der Waals surface area contributed by atoms with Gasteiger partial charge in [0, 0.05) is 5.41 Å². The van der Waals surface area contributed by atoms with Gasteiger partial charge in [0.1, 0.15) is 0 Å². The molecule has 3 aliphatic carbocycles. The van der Waals surface area contributed by atoms with Gasteiger partial charge in [-0.15, -0.1) is 0 Å². The fourth-order valence-electron chi connectivity index (χ4n) is 7.29. The van der Waals surface area contributed by atoms with Crippen LogP contribution < -0.4 is 0 Å². The Morgan fingerprint density at radius 3 is 2.38 bits per heavy atom. The predicted molar refractivity (Wildman–Crippen MR) is 121 cm³/mol. The highest BCUT2D eigenvalue weighted by Crippen LogP contribution is 2.61. The molecule has 0 aromatic heterocycles. The van der Waals surface area contributed by atoms with Crippen molar-refractivity contribution in [3.63, 3.8) is 0 Å². The molecule has 1 heterocycles. The SMILES string of the molecule is CC(C)(C)[Si](C)(C)OC[C@@H]1OC[C@H]2[C@@H]3CC[C@@H]4C[C@](C)(O)CC[C@@H]4[C@H]3CC[C@]12C. The monoisotopic (exact) mass is 422 g/mol. The Balaban J connectivity index is 1.44.